The topological polar surface area (TPSA) is 64.3 Å². The summed E-state index contributed by atoms with van der Waals surface area (Å²) in [6.45, 7) is 5.83. The summed E-state index contributed by atoms with van der Waals surface area (Å²) in [4.78, 5) is 11.9. The summed E-state index contributed by atoms with van der Waals surface area (Å²) in [5.74, 6) is 0.465. The van der Waals surface area contributed by atoms with Crippen molar-refractivity contribution in [2.45, 2.75) is 32.4 Å². The zero-order valence-corrected chi connectivity index (χ0v) is 13.7. The van der Waals surface area contributed by atoms with Crippen LogP contribution in [0.1, 0.15) is 20.8 Å². The van der Waals surface area contributed by atoms with Crippen LogP contribution in [0.5, 0.6) is 5.75 Å². The van der Waals surface area contributed by atoms with Gasteiger partial charge in [0.05, 0.1) is 4.47 Å². The first-order chi connectivity index (χ1) is 8.35. The summed E-state index contributed by atoms with van der Waals surface area (Å²) < 4.78 is 6.42. The van der Waals surface area contributed by atoms with E-state index in [1.54, 1.807) is 6.92 Å². The molecule has 1 aromatic carbocycles. The number of nitrogens with one attached hydrogen (secondary N) is 1. The molecule has 0 saturated carbocycles. The third kappa shape index (κ3) is 5.80. The number of hydrogen-bond acceptors (Lipinski definition) is 3. The normalized spacial score (nSPS) is 12.3. The second kappa shape index (κ2) is 7.72. The zero-order valence-electron chi connectivity index (χ0n) is 11.3. The molecule has 3 N–H and O–H groups in total. The number of nitrogens with two attached hydrogens (primary N) is 1. The molecule has 1 unspecified atom stereocenters. The number of halogens is 2. The summed E-state index contributed by atoms with van der Waals surface area (Å²) in [5.41, 5.74) is 5.14. The molecule has 0 saturated heterocycles. The Hall–Kier alpha value is -0.780. The van der Waals surface area contributed by atoms with Crippen LogP contribution in [0.15, 0.2) is 28.7 Å². The highest BCUT2D eigenvalue weighted by molar-refractivity contribution is 9.10. The molecule has 1 atom stereocenters. The number of rotatable bonds is 5. The van der Waals surface area contributed by atoms with Crippen LogP contribution in [-0.2, 0) is 4.79 Å². The fourth-order valence-electron chi connectivity index (χ4n) is 1.27. The number of ether oxygens (including phenoxy) is 1. The lowest BCUT2D eigenvalue weighted by molar-refractivity contribution is -0.128. The minimum Gasteiger partial charge on any atom is -0.480 e. The molecular formula is C13H20BrClN2O2. The first kappa shape index (κ1) is 18.2. The van der Waals surface area contributed by atoms with E-state index in [-0.39, 0.29) is 18.3 Å². The van der Waals surface area contributed by atoms with Gasteiger partial charge in [-0.2, -0.15) is 0 Å². The van der Waals surface area contributed by atoms with Crippen molar-refractivity contribution in [3.8, 4) is 5.75 Å². The van der Waals surface area contributed by atoms with Crippen LogP contribution in [0.4, 0.5) is 0 Å². The van der Waals surface area contributed by atoms with Crippen LogP contribution >= 0.6 is 28.3 Å². The summed E-state index contributed by atoms with van der Waals surface area (Å²) in [7, 11) is 0. The molecule has 0 spiro atoms. The van der Waals surface area contributed by atoms with Gasteiger partial charge in [-0.15, -0.1) is 12.4 Å². The van der Waals surface area contributed by atoms with Gasteiger partial charge in [0.1, 0.15) is 5.75 Å². The molecule has 6 heteroatoms. The van der Waals surface area contributed by atoms with Crippen LogP contribution in [0.25, 0.3) is 0 Å². The summed E-state index contributed by atoms with van der Waals surface area (Å²) in [5, 5.41) is 2.84. The van der Waals surface area contributed by atoms with E-state index in [4.69, 9.17) is 10.5 Å². The number of hydrogen-bond donors (Lipinski definition) is 2. The van der Waals surface area contributed by atoms with Crippen molar-refractivity contribution in [1.82, 2.24) is 5.32 Å². The van der Waals surface area contributed by atoms with Crippen molar-refractivity contribution >= 4 is 34.2 Å². The molecule has 0 aliphatic heterocycles. The smallest absolute Gasteiger partial charge is 0.261 e. The molecular weight excluding hydrogens is 332 g/mol. The maximum absolute atomic E-state index is 11.9. The van der Waals surface area contributed by atoms with Crippen molar-refractivity contribution in [3.05, 3.63) is 28.7 Å². The highest BCUT2D eigenvalue weighted by atomic mass is 79.9. The first-order valence-electron chi connectivity index (χ1n) is 5.79. The number of para-hydroxylation sites is 1. The molecule has 1 rings (SSSR count). The summed E-state index contributed by atoms with van der Waals surface area (Å²) >= 11 is 3.37. The Bertz CT molecular complexity index is 427. The highest BCUT2D eigenvalue weighted by Crippen LogP contribution is 2.24. The number of carbonyl (C=O) groups excluding carboxylic acids is 1. The van der Waals surface area contributed by atoms with E-state index < -0.39 is 11.6 Å². The Kier molecular flexibility index (Phi) is 7.41. The lowest BCUT2D eigenvalue weighted by Gasteiger charge is -2.26. The molecule has 0 radical (unpaired) electrons. The van der Waals surface area contributed by atoms with Gasteiger partial charge in [-0.05, 0) is 48.8 Å². The van der Waals surface area contributed by atoms with E-state index in [0.29, 0.717) is 12.3 Å². The number of amides is 1. The van der Waals surface area contributed by atoms with Crippen molar-refractivity contribution in [2.75, 3.05) is 6.54 Å². The molecule has 0 aromatic heterocycles. The van der Waals surface area contributed by atoms with Gasteiger partial charge in [-0.25, -0.2) is 0 Å². The van der Waals surface area contributed by atoms with E-state index in [1.807, 2.05) is 38.1 Å². The lowest BCUT2D eigenvalue weighted by atomic mass is 10.1. The van der Waals surface area contributed by atoms with Gasteiger partial charge in [0, 0.05) is 12.1 Å². The maximum atomic E-state index is 11.9. The number of benzene rings is 1. The second-order valence-electron chi connectivity index (χ2n) is 4.77. The minimum absolute atomic E-state index is 0. The van der Waals surface area contributed by atoms with Gasteiger partial charge in [0.25, 0.3) is 5.91 Å². The van der Waals surface area contributed by atoms with E-state index in [9.17, 15) is 4.79 Å². The Morgan fingerprint density at radius 3 is 2.58 bits per heavy atom. The van der Waals surface area contributed by atoms with Crippen LogP contribution in [0, 0.1) is 0 Å². The SMILES string of the molecule is CC(Oc1ccccc1Br)C(=O)NC(C)(C)CN.Cl. The standard InChI is InChI=1S/C13H19BrN2O2.ClH/c1-9(12(17)16-13(2,3)8-15)18-11-7-5-4-6-10(11)14;/h4-7,9H,8,15H2,1-3H3,(H,16,17);1H. The Balaban J connectivity index is 0.00000324. The van der Waals surface area contributed by atoms with Crippen LogP contribution in [-0.4, -0.2) is 24.1 Å². The quantitative estimate of drug-likeness (QED) is 0.856. The Morgan fingerprint density at radius 1 is 1.47 bits per heavy atom. The molecule has 19 heavy (non-hydrogen) atoms. The van der Waals surface area contributed by atoms with Crippen molar-refractivity contribution < 1.29 is 9.53 Å². The second-order valence-corrected chi connectivity index (χ2v) is 5.62. The number of carbonyl (C=O) groups is 1. The van der Waals surface area contributed by atoms with Crippen LogP contribution in [0.2, 0.25) is 0 Å². The predicted molar refractivity (Wildman–Crippen MR) is 82.8 cm³/mol. The molecule has 0 fully saturated rings. The van der Waals surface area contributed by atoms with Crippen LogP contribution in [0.3, 0.4) is 0 Å². The fraction of sp³-hybridized carbons (Fsp3) is 0.462. The van der Waals surface area contributed by atoms with Gasteiger partial charge in [0.15, 0.2) is 6.10 Å². The molecule has 4 nitrogen and oxygen atoms in total. The molecule has 0 heterocycles. The lowest BCUT2D eigenvalue weighted by Crippen LogP contribution is -2.52. The average molecular weight is 352 g/mol. The minimum atomic E-state index is -0.575. The highest BCUT2D eigenvalue weighted by Gasteiger charge is 2.23. The Labute approximate surface area is 128 Å². The predicted octanol–water partition coefficient (Wildman–Crippen LogP) is 2.49. The van der Waals surface area contributed by atoms with Crippen molar-refractivity contribution in [2.24, 2.45) is 5.73 Å². The molecule has 108 valence electrons. The molecule has 1 aromatic rings. The van der Waals surface area contributed by atoms with Crippen LogP contribution < -0.4 is 15.8 Å². The fourth-order valence-corrected chi connectivity index (χ4v) is 1.65. The van der Waals surface area contributed by atoms with Gasteiger partial charge in [0.2, 0.25) is 0 Å². The maximum Gasteiger partial charge on any atom is 0.261 e. The van der Waals surface area contributed by atoms with Crippen molar-refractivity contribution in [1.29, 1.82) is 0 Å². The van der Waals surface area contributed by atoms with E-state index in [1.165, 1.54) is 0 Å². The average Bonchev–Trinajstić information content (AvgIpc) is 2.31. The van der Waals surface area contributed by atoms with E-state index in [0.717, 1.165) is 4.47 Å². The molecule has 0 aliphatic carbocycles. The monoisotopic (exact) mass is 350 g/mol. The van der Waals surface area contributed by atoms with Gasteiger partial charge >= 0.3 is 0 Å². The Morgan fingerprint density at radius 2 is 2.05 bits per heavy atom. The molecule has 0 aliphatic rings. The third-order valence-corrected chi connectivity index (χ3v) is 3.14. The molecule has 0 bridgehead atoms. The third-order valence-electron chi connectivity index (χ3n) is 2.48. The van der Waals surface area contributed by atoms with E-state index >= 15 is 0 Å². The zero-order chi connectivity index (χ0) is 13.8. The summed E-state index contributed by atoms with van der Waals surface area (Å²) in [6, 6.07) is 7.42. The largest absolute Gasteiger partial charge is 0.480 e. The van der Waals surface area contributed by atoms with Gasteiger partial charge in [-0.1, -0.05) is 12.1 Å². The van der Waals surface area contributed by atoms with Gasteiger partial charge < -0.3 is 15.8 Å². The van der Waals surface area contributed by atoms with Crippen molar-refractivity contribution in [3.63, 3.8) is 0 Å². The van der Waals surface area contributed by atoms with E-state index in [2.05, 4.69) is 21.2 Å². The summed E-state index contributed by atoms with van der Waals surface area (Å²) in [6.07, 6.45) is -0.575. The van der Waals surface area contributed by atoms with Gasteiger partial charge in [-0.3, -0.25) is 4.79 Å². The molecule has 1 amide bonds. The first-order valence-corrected chi connectivity index (χ1v) is 6.58.